The third kappa shape index (κ3) is 1.94. The van der Waals surface area contributed by atoms with E-state index in [4.69, 9.17) is 18.9 Å². The normalized spacial score (nSPS) is 35.8. The van der Waals surface area contributed by atoms with E-state index in [9.17, 15) is 15.0 Å². The summed E-state index contributed by atoms with van der Waals surface area (Å²) in [6, 6.07) is 8.81. The van der Waals surface area contributed by atoms with Gasteiger partial charge in [0.15, 0.2) is 5.78 Å². The van der Waals surface area contributed by atoms with Gasteiger partial charge in [0.1, 0.15) is 47.6 Å². The van der Waals surface area contributed by atoms with Crippen LogP contribution in [-0.4, -0.2) is 48.5 Å². The fourth-order valence-corrected chi connectivity index (χ4v) is 5.51. The highest BCUT2D eigenvalue weighted by atomic mass is 16.6. The first-order valence-corrected chi connectivity index (χ1v) is 9.64. The topological polar surface area (TPSA) is 97.8 Å². The Kier molecular flexibility index (Phi) is 3.35. The molecular formula is C22H20O7. The lowest BCUT2D eigenvalue weighted by Crippen LogP contribution is -2.47. The maximum Gasteiger partial charge on any atom is 0.169 e. The number of hydrogen-bond donors (Lipinski definition) is 2. The minimum Gasteiger partial charge on any atom is -0.508 e. The first-order chi connectivity index (χ1) is 14.0. The van der Waals surface area contributed by atoms with Crippen molar-refractivity contribution >= 4 is 5.78 Å². The number of fused-ring (bicyclic) bond motifs is 5. The van der Waals surface area contributed by atoms with Crippen LogP contribution in [0.1, 0.15) is 51.2 Å². The molecule has 0 bridgehead atoms. The van der Waals surface area contributed by atoms with Crippen molar-refractivity contribution in [1.82, 2.24) is 0 Å². The Morgan fingerprint density at radius 3 is 2.69 bits per heavy atom. The molecule has 6 atom stereocenters. The minimum absolute atomic E-state index is 0.0163. The van der Waals surface area contributed by atoms with Gasteiger partial charge in [-0.05, 0) is 23.3 Å². The van der Waals surface area contributed by atoms with Crippen molar-refractivity contribution in [1.29, 1.82) is 0 Å². The number of aliphatic hydroxyl groups is 1. The zero-order chi connectivity index (χ0) is 20.1. The number of Topliss-reactive ketones (excluding diaryl/α,β-unsaturated/α-hetero) is 1. The Morgan fingerprint density at radius 2 is 1.93 bits per heavy atom. The molecular weight excluding hydrogens is 376 g/mol. The van der Waals surface area contributed by atoms with Gasteiger partial charge in [-0.25, -0.2) is 0 Å². The molecule has 7 nitrogen and oxygen atoms in total. The van der Waals surface area contributed by atoms with Gasteiger partial charge in [0.2, 0.25) is 0 Å². The van der Waals surface area contributed by atoms with Gasteiger partial charge in [0.25, 0.3) is 0 Å². The molecule has 2 aliphatic heterocycles. The lowest BCUT2D eigenvalue weighted by Gasteiger charge is -2.42. The predicted octanol–water partition coefficient (Wildman–Crippen LogP) is 2.13. The highest BCUT2D eigenvalue weighted by Crippen LogP contribution is 2.64. The summed E-state index contributed by atoms with van der Waals surface area (Å²) in [6.45, 7) is 0. The Bertz CT molecular complexity index is 1060. The van der Waals surface area contributed by atoms with Crippen molar-refractivity contribution in [3.8, 4) is 11.5 Å². The molecule has 1 saturated heterocycles. The van der Waals surface area contributed by atoms with Crippen molar-refractivity contribution in [3.63, 3.8) is 0 Å². The summed E-state index contributed by atoms with van der Waals surface area (Å²) in [5.74, 6) is 0.435. The maximum absolute atomic E-state index is 13.0. The Morgan fingerprint density at radius 1 is 1.10 bits per heavy atom. The van der Waals surface area contributed by atoms with Gasteiger partial charge >= 0.3 is 0 Å². The highest BCUT2D eigenvalue weighted by Gasteiger charge is 2.66. The summed E-state index contributed by atoms with van der Waals surface area (Å²) < 4.78 is 23.7. The maximum atomic E-state index is 13.0. The average molecular weight is 396 g/mol. The van der Waals surface area contributed by atoms with E-state index in [1.165, 1.54) is 7.11 Å². The van der Waals surface area contributed by atoms with Crippen LogP contribution in [0.3, 0.4) is 0 Å². The van der Waals surface area contributed by atoms with Gasteiger partial charge in [-0.2, -0.15) is 0 Å². The summed E-state index contributed by atoms with van der Waals surface area (Å²) in [7, 11) is 3.10. The van der Waals surface area contributed by atoms with Crippen LogP contribution in [0.5, 0.6) is 11.5 Å². The van der Waals surface area contributed by atoms with Crippen molar-refractivity contribution < 1.29 is 34.0 Å². The number of ketones is 1. The number of aromatic hydroxyl groups is 1. The number of carbonyl (C=O) groups is 1. The molecule has 2 aliphatic carbocycles. The number of carbonyl (C=O) groups excluding carboxylic acids is 1. The van der Waals surface area contributed by atoms with Crippen molar-refractivity contribution in [3.05, 3.63) is 58.1 Å². The molecule has 2 N–H and O–H groups in total. The number of epoxide rings is 1. The summed E-state index contributed by atoms with van der Waals surface area (Å²) in [5, 5.41) is 21.2. The lowest BCUT2D eigenvalue weighted by molar-refractivity contribution is -0.139. The van der Waals surface area contributed by atoms with Crippen molar-refractivity contribution in [2.75, 3.05) is 14.2 Å². The Labute approximate surface area is 166 Å². The molecule has 6 unspecified atom stereocenters. The fourth-order valence-electron chi connectivity index (χ4n) is 5.51. The number of hydrogen-bond acceptors (Lipinski definition) is 7. The Hall–Kier alpha value is -2.45. The van der Waals surface area contributed by atoms with Gasteiger partial charge in [-0.1, -0.05) is 18.2 Å². The van der Waals surface area contributed by atoms with E-state index in [1.807, 2.05) is 12.1 Å². The molecule has 6 rings (SSSR count). The van der Waals surface area contributed by atoms with E-state index >= 15 is 0 Å². The summed E-state index contributed by atoms with van der Waals surface area (Å²) in [6.07, 6.45) is -2.50. The first kappa shape index (κ1) is 17.4. The van der Waals surface area contributed by atoms with Crippen molar-refractivity contribution in [2.24, 2.45) is 0 Å². The average Bonchev–Trinajstić information content (AvgIpc) is 3.47. The lowest BCUT2D eigenvalue weighted by atomic mass is 9.71. The fraction of sp³-hybridized carbons (Fsp3) is 0.409. The highest BCUT2D eigenvalue weighted by molar-refractivity contribution is 6.02. The summed E-state index contributed by atoms with van der Waals surface area (Å²) >= 11 is 0. The van der Waals surface area contributed by atoms with E-state index in [1.54, 1.807) is 25.3 Å². The van der Waals surface area contributed by atoms with E-state index in [-0.39, 0.29) is 24.1 Å². The van der Waals surface area contributed by atoms with Gasteiger partial charge in [-0.3, -0.25) is 4.79 Å². The third-order valence-electron chi connectivity index (χ3n) is 6.76. The van der Waals surface area contributed by atoms with Crippen LogP contribution in [0.25, 0.3) is 0 Å². The van der Waals surface area contributed by atoms with Gasteiger partial charge in [0.05, 0.1) is 12.7 Å². The van der Waals surface area contributed by atoms with E-state index in [0.717, 1.165) is 11.1 Å². The second kappa shape index (κ2) is 5.58. The number of phenolic OH excluding ortho intramolecular Hbond substituents is 1. The molecule has 150 valence electrons. The van der Waals surface area contributed by atoms with Crippen LogP contribution < -0.4 is 4.74 Å². The molecule has 1 spiro atoms. The molecule has 7 heteroatoms. The van der Waals surface area contributed by atoms with E-state index in [0.29, 0.717) is 22.4 Å². The number of ether oxygens (including phenoxy) is 4. The van der Waals surface area contributed by atoms with Crippen LogP contribution in [0.4, 0.5) is 0 Å². The van der Waals surface area contributed by atoms with E-state index in [2.05, 4.69) is 0 Å². The predicted molar refractivity (Wildman–Crippen MR) is 99.1 cm³/mol. The van der Waals surface area contributed by atoms with Crippen LogP contribution >= 0.6 is 0 Å². The van der Waals surface area contributed by atoms with Crippen LogP contribution in [0, 0.1) is 0 Å². The van der Waals surface area contributed by atoms with Gasteiger partial charge in [0, 0.05) is 24.7 Å². The summed E-state index contributed by atoms with van der Waals surface area (Å²) in [5.41, 5.74) is 2.07. The molecule has 0 aromatic heterocycles. The molecule has 0 saturated carbocycles. The first-order valence-electron chi connectivity index (χ1n) is 9.64. The molecule has 2 heterocycles. The number of phenols is 1. The monoisotopic (exact) mass is 396 g/mol. The standard InChI is InChI=1S/C22H20O7/c1-26-13-5-3-4-9-15(13)12(24)8-14(27-2)22(9)10-6-7-11(23)17-16(10)19(29-22)21-20(28-21)18(17)25/h3-7,14,18-21,23,25H,8H2,1-2H3. The number of rotatable bonds is 2. The molecule has 4 aliphatic rings. The van der Waals surface area contributed by atoms with Gasteiger partial charge < -0.3 is 29.2 Å². The van der Waals surface area contributed by atoms with Crippen LogP contribution in [0.2, 0.25) is 0 Å². The number of benzene rings is 2. The minimum atomic E-state index is -1.06. The smallest absolute Gasteiger partial charge is 0.169 e. The summed E-state index contributed by atoms with van der Waals surface area (Å²) in [4.78, 5) is 13.0. The quantitative estimate of drug-likeness (QED) is 0.751. The molecule has 0 amide bonds. The number of methoxy groups -OCH3 is 2. The second-order valence-electron chi connectivity index (χ2n) is 7.98. The van der Waals surface area contributed by atoms with Crippen LogP contribution in [0.15, 0.2) is 30.3 Å². The molecule has 0 radical (unpaired) electrons. The molecule has 29 heavy (non-hydrogen) atoms. The van der Waals surface area contributed by atoms with E-state index < -0.39 is 30.0 Å². The molecule has 2 aromatic rings. The zero-order valence-electron chi connectivity index (χ0n) is 15.9. The number of aliphatic hydroxyl groups excluding tert-OH is 1. The van der Waals surface area contributed by atoms with Crippen LogP contribution in [-0.2, 0) is 19.8 Å². The zero-order valence-corrected chi connectivity index (χ0v) is 15.9. The molecule has 1 fully saturated rings. The second-order valence-corrected chi connectivity index (χ2v) is 7.98. The third-order valence-corrected chi connectivity index (χ3v) is 6.76. The van der Waals surface area contributed by atoms with Crippen molar-refractivity contribution in [2.45, 2.75) is 42.5 Å². The largest absolute Gasteiger partial charge is 0.508 e. The SMILES string of the molecule is COc1cccc2c1C(=O)CC(OC)C21OC2c3c1ccc(O)c3C(O)C1OC21. The molecule has 2 aromatic carbocycles. The van der Waals surface area contributed by atoms with Gasteiger partial charge in [-0.15, -0.1) is 0 Å². The Balaban J connectivity index is 1.68.